The molecule has 13 heavy (non-hydrogen) atoms. The lowest BCUT2D eigenvalue weighted by Crippen LogP contribution is -1.95. The maximum Gasteiger partial charge on any atom is 0.0919 e. The summed E-state index contributed by atoms with van der Waals surface area (Å²) in [5.74, 6) is 0. The Balaban J connectivity index is 2.74. The van der Waals surface area contributed by atoms with Gasteiger partial charge in [0.2, 0.25) is 0 Å². The van der Waals surface area contributed by atoms with Crippen molar-refractivity contribution in [3.05, 3.63) is 35.4 Å². The third-order valence-electron chi connectivity index (χ3n) is 2.06. The van der Waals surface area contributed by atoms with Gasteiger partial charge in [-0.2, -0.15) is 5.26 Å². The Morgan fingerprint density at radius 1 is 1.38 bits per heavy atom. The Bertz CT molecular complexity index is 297. The van der Waals surface area contributed by atoms with Gasteiger partial charge in [-0.05, 0) is 17.5 Å². The molecule has 1 N–H and O–H groups in total. The normalized spacial score (nSPS) is 12.1. The molecule has 0 bridgehead atoms. The Hall–Kier alpha value is -1.33. The average molecular weight is 175 g/mol. The van der Waals surface area contributed by atoms with E-state index in [2.05, 4.69) is 6.92 Å². The van der Waals surface area contributed by atoms with Crippen LogP contribution in [0.1, 0.15) is 30.6 Å². The number of aliphatic hydroxyl groups excluding tert-OH is 1. The maximum absolute atomic E-state index is 9.46. The smallest absolute Gasteiger partial charge is 0.0919 e. The van der Waals surface area contributed by atoms with Crippen LogP contribution in [0.3, 0.4) is 0 Å². The lowest BCUT2D eigenvalue weighted by Gasteiger charge is -2.06. The Morgan fingerprint density at radius 2 is 2.00 bits per heavy atom. The molecule has 1 rings (SSSR count). The van der Waals surface area contributed by atoms with Crippen molar-refractivity contribution in [3.8, 4) is 6.07 Å². The summed E-state index contributed by atoms with van der Waals surface area (Å²) in [7, 11) is 0. The van der Waals surface area contributed by atoms with Crippen molar-refractivity contribution in [2.24, 2.45) is 0 Å². The van der Waals surface area contributed by atoms with Crippen molar-refractivity contribution in [2.75, 3.05) is 0 Å². The predicted octanol–water partition coefficient (Wildman–Crippen LogP) is 2.20. The van der Waals surface area contributed by atoms with E-state index in [4.69, 9.17) is 5.26 Å². The molecule has 68 valence electrons. The summed E-state index contributed by atoms with van der Waals surface area (Å²) >= 11 is 0. The molecule has 0 aromatic heterocycles. The van der Waals surface area contributed by atoms with E-state index in [1.807, 2.05) is 30.3 Å². The highest BCUT2D eigenvalue weighted by atomic mass is 16.3. The molecule has 0 aliphatic rings. The fourth-order valence-electron chi connectivity index (χ4n) is 1.18. The van der Waals surface area contributed by atoms with Gasteiger partial charge in [-0.1, -0.05) is 31.2 Å². The average Bonchev–Trinajstić information content (AvgIpc) is 2.18. The van der Waals surface area contributed by atoms with Crippen LogP contribution in [0.25, 0.3) is 0 Å². The fraction of sp³-hybridized carbons (Fsp3) is 0.364. The molecule has 0 radical (unpaired) electrons. The molecule has 1 aromatic rings. The zero-order valence-corrected chi connectivity index (χ0v) is 7.70. The molecular formula is C11H13NO. The van der Waals surface area contributed by atoms with E-state index in [0.29, 0.717) is 0 Å². The second-order valence-corrected chi connectivity index (χ2v) is 2.97. The maximum atomic E-state index is 9.46. The van der Waals surface area contributed by atoms with Crippen LogP contribution in [0, 0.1) is 11.3 Å². The number of hydrogen-bond donors (Lipinski definition) is 1. The molecule has 1 atom stereocenters. The third-order valence-corrected chi connectivity index (χ3v) is 2.06. The van der Waals surface area contributed by atoms with Gasteiger partial charge in [0.05, 0.1) is 18.6 Å². The van der Waals surface area contributed by atoms with Crippen molar-refractivity contribution in [1.29, 1.82) is 5.26 Å². The standard InChI is InChI=1S/C11H13NO/c1-2-9-3-5-10(6-4-9)11(13)7-8-12/h3-6,11,13H,2,7H2,1H3. The highest BCUT2D eigenvalue weighted by Crippen LogP contribution is 2.16. The summed E-state index contributed by atoms with van der Waals surface area (Å²) < 4.78 is 0. The Kier molecular flexibility index (Phi) is 3.48. The highest BCUT2D eigenvalue weighted by Gasteiger charge is 2.05. The van der Waals surface area contributed by atoms with E-state index < -0.39 is 6.10 Å². The number of nitrogens with zero attached hydrogens (tertiary/aromatic N) is 1. The van der Waals surface area contributed by atoms with Crippen LogP contribution in [0.2, 0.25) is 0 Å². The summed E-state index contributed by atoms with van der Waals surface area (Å²) in [6.07, 6.45) is 0.510. The molecule has 0 amide bonds. The molecular weight excluding hydrogens is 162 g/mol. The number of aryl methyl sites for hydroxylation is 1. The molecule has 2 nitrogen and oxygen atoms in total. The van der Waals surface area contributed by atoms with Crippen molar-refractivity contribution in [3.63, 3.8) is 0 Å². The number of aliphatic hydroxyl groups is 1. The lowest BCUT2D eigenvalue weighted by molar-refractivity contribution is 0.183. The lowest BCUT2D eigenvalue weighted by atomic mass is 10.0. The second-order valence-electron chi connectivity index (χ2n) is 2.97. The minimum atomic E-state index is -0.643. The van der Waals surface area contributed by atoms with Gasteiger partial charge >= 0.3 is 0 Å². The number of benzene rings is 1. The molecule has 0 fully saturated rings. The van der Waals surface area contributed by atoms with Crippen LogP contribution < -0.4 is 0 Å². The highest BCUT2D eigenvalue weighted by molar-refractivity contribution is 5.24. The van der Waals surface area contributed by atoms with Crippen molar-refractivity contribution in [2.45, 2.75) is 25.9 Å². The molecule has 0 aliphatic carbocycles. The van der Waals surface area contributed by atoms with Gasteiger partial charge < -0.3 is 5.11 Å². The first-order valence-corrected chi connectivity index (χ1v) is 4.41. The number of rotatable bonds is 3. The second kappa shape index (κ2) is 4.64. The van der Waals surface area contributed by atoms with Gasteiger partial charge in [0.15, 0.2) is 0 Å². The molecule has 2 heteroatoms. The van der Waals surface area contributed by atoms with E-state index in [0.717, 1.165) is 12.0 Å². The fourth-order valence-corrected chi connectivity index (χ4v) is 1.18. The molecule has 0 aliphatic heterocycles. The molecule has 0 heterocycles. The van der Waals surface area contributed by atoms with Crippen LogP contribution in [-0.4, -0.2) is 5.11 Å². The van der Waals surface area contributed by atoms with Crippen LogP contribution in [0.4, 0.5) is 0 Å². The van der Waals surface area contributed by atoms with Crippen molar-refractivity contribution >= 4 is 0 Å². The predicted molar refractivity (Wildman–Crippen MR) is 51.0 cm³/mol. The minimum Gasteiger partial charge on any atom is -0.387 e. The monoisotopic (exact) mass is 175 g/mol. The van der Waals surface area contributed by atoms with E-state index >= 15 is 0 Å². The van der Waals surface area contributed by atoms with Gasteiger partial charge in [0, 0.05) is 0 Å². The summed E-state index contributed by atoms with van der Waals surface area (Å²) in [6, 6.07) is 9.66. The van der Waals surface area contributed by atoms with E-state index in [9.17, 15) is 5.11 Å². The first kappa shape index (κ1) is 9.76. The van der Waals surface area contributed by atoms with Gasteiger partial charge in [0.25, 0.3) is 0 Å². The Morgan fingerprint density at radius 3 is 2.46 bits per heavy atom. The van der Waals surface area contributed by atoms with Crippen LogP contribution in [0.15, 0.2) is 24.3 Å². The van der Waals surface area contributed by atoms with Gasteiger partial charge in [-0.25, -0.2) is 0 Å². The van der Waals surface area contributed by atoms with Crippen LogP contribution >= 0.6 is 0 Å². The molecule has 0 saturated heterocycles. The van der Waals surface area contributed by atoms with Crippen molar-refractivity contribution in [1.82, 2.24) is 0 Å². The molecule has 1 unspecified atom stereocenters. The van der Waals surface area contributed by atoms with E-state index in [-0.39, 0.29) is 6.42 Å². The minimum absolute atomic E-state index is 0.158. The summed E-state index contributed by atoms with van der Waals surface area (Å²) in [5, 5.41) is 17.9. The van der Waals surface area contributed by atoms with Gasteiger partial charge in [-0.3, -0.25) is 0 Å². The molecule has 0 saturated carbocycles. The summed E-state index contributed by atoms with van der Waals surface area (Å²) in [5.41, 5.74) is 2.06. The largest absolute Gasteiger partial charge is 0.387 e. The first-order chi connectivity index (χ1) is 6.27. The Labute approximate surface area is 78.4 Å². The number of nitriles is 1. The van der Waals surface area contributed by atoms with Crippen LogP contribution in [0.5, 0.6) is 0 Å². The topological polar surface area (TPSA) is 44.0 Å². The zero-order valence-electron chi connectivity index (χ0n) is 7.70. The number of hydrogen-bond acceptors (Lipinski definition) is 2. The van der Waals surface area contributed by atoms with Gasteiger partial charge in [-0.15, -0.1) is 0 Å². The molecule has 1 aromatic carbocycles. The first-order valence-electron chi connectivity index (χ1n) is 4.41. The van der Waals surface area contributed by atoms with Crippen LogP contribution in [-0.2, 0) is 6.42 Å². The zero-order chi connectivity index (χ0) is 9.68. The van der Waals surface area contributed by atoms with E-state index in [1.54, 1.807) is 0 Å². The van der Waals surface area contributed by atoms with Gasteiger partial charge in [0.1, 0.15) is 0 Å². The van der Waals surface area contributed by atoms with Crippen molar-refractivity contribution < 1.29 is 5.11 Å². The van der Waals surface area contributed by atoms with E-state index in [1.165, 1.54) is 5.56 Å². The quantitative estimate of drug-likeness (QED) is 0.765. The molecule has 0 spiro atoms. The third kappa shape index (κ3) is 2.57. The summed E-state index contributed by atoms with van der Waals surface area (Å²) in [4.78, 5) is 0. The SMILES string of the molecule is CCc1ccc(C(O)CC#N)cc1. The summed E-state index contributed by atoms with van der Waals surface area (Å²) in [6.45, 7) is 2.08.